The first-order chi connectivity index (χ1) is 7.27. The molecule has 0 spiro atoms. The summed E-state index contributed by atoms with van der Waals surface area (Å²) in [5.74, 6) is 0. The van der Waals surface area contributed by atoms with E-state index in [2.05, 4.69) is 22.2 Å². The van der Waals surface area contributed by atoms with Crippen LogP contribution in [0.2, 0.25) is 0 Å². The Morgan fingerprint density at radius 3 is 3.13 bits per heavy atom. The van der Waals surface area contributed by atoms with Crippen LogP contribution in [0.4, 0.5) is 0 Å². The van der Waals surface area contributed by atoms with Crippen molar-refractivity contribution in [2.24, 2.45) is 7.05 Å². The van der Waals surface area contributed by atoms with Crippen LogP contribution in [0.3, 0.4) is 0 Å². The molecule has 0 radical (unpaired) electrons. The predicted molar refractivity (Wildman–Crippen MR) is 57.6 cm³/mol. The molecule has 78 valence electrons. The van der Waals surface area contributed by atoms with Crippen LogP contribution < -0.4 is 0 Å². The Hall–Kier alpha value is -1.58. The van der Waals surface area contributed by atoms with Crippen LogP contribution in [-0.2, 0) is 19.9 Å². The van der Waals surface area contributed by atoms with E-state index in [1.54, 1.807) is 0 Å². The summed E-state index contributed by atoms with van der Waals surface area (Å²) in [4.78, 5) is 0. The number of aromatic amines is 1. The summed E-state index contributed by atoms with van der Waals surface area (Å²) in [6.07, 6.45) is 5.33. The number of hydrogen-bond donors (Lipinski definition) is 1. The number of aryl methyl sites for hydroxylation is 2. The fraction of sp³-hybridized carbons (Fsp3) is 0.455. The Balaban J connectivity index is 2.27. The highest BCUT2D eigenvalue weighted by Crippen LogP contribution is 2.31. The highest BCUT2D eigenvalue weighted by atomic mass is 15.3. The molecule has 3 rings (SSSR count). The number of H-pyrrole nitrogens is 1. The lowest BCUT2D eigenvalue weighted by Crippen LogP contribution is -1.98. The van der Waals surface area contributed by atoms with Crippen LogP contribution in [0.25, 0.3) is 11.3 Å². The molecule has 2 aromatic rings. The molecule has 4 heteroatoms. The summed E-state index contributed by atoms with van der Waals surface area (Å²) in [6.45, 7) is 2.09. The van der Waals surface area contributed by atoms with Gasteiger partial charge in [0.05, 0.1) is 11.9 Å². The Bertz CT molecular complexity index is 460. The SMILES string of the molecule is Cc1[nH]nc2c1CCCc1c-2cnn1C. The molecular formula is C11H14N4. The molecule has 0 saturated carbocycles. The molecule has 4 nitrogen and oxygen atoms in total. The van der Waals surface area contributed by atoms with Gasteiger partial charge >= 0.3 is 0 Å². The maximum absolute atomic E-state index is 4.39. The first-order valence-corrected chi connectivity index (χ1v) is 5.32. The van der Waals surface area contributed by atoms with Crippen molar-refractivity contribution in [1.82, 2.24) is 20.0 Å². The van der Waals surface area contributed by atoms with Crippen LogP contribution in [-0.4, -0.2) is 20.0 Å². The van der Waals surface area contributed by atoms with E-state index in [0.717, 1.165) is 18.5 Å². The zero-order valence-electron chi connectivity index (χ0n) is 9.04. The summed E-state index contributed by atoms with van der Waals surface area (Å²) in [5, 5.41) is 11.8. The maximum Gasteiger partial charge on any atom is 0.0989 e. The Kier molecular flexibility index (Phi) is 1.71. The van der Waals surface area contributed by atoms with Crippen LogP contribution in [0.15, 0.2) is 6.20 Å². The van der Waals surface area contributed by atoms with Crippen LogP contribution in [0.5, 0.6) is 0 Å². The first kappa shape index (κ1) is 8.71. The smallest absolute Gasteiger partial charge is 0.0989 e. The molecule has 2 heterocycles. The minimum Gasteiger partial charge on any atom is -0.282 e. The van der Waals surface area contributed by atoms with Crippen molar-refractivity contribution in [3.05, 3.63) is 23.1 Å². The molecular weight excluding hydrogens is 188 g/mol. The topological polar surface area (TPSA) is 46.5 Å². The Labute approximate surface area is 88.3 Å². The molecule has 0 bridgehead atoms. The van der Waals surface area contributed by atoms with Crippen molar-refractivity contribution in [2.45, 2.75) is 26.2 Å². The van der Waals surface area contributed by atoms with Gasteiger partial charge in [0.2, 0.25) is 0 Å². The minimum absolute atomic E-state index is 1.10. The zero-order valence-corrected chi connectivity index (χ0v) is 9.04. The van der Waals surface area contributed by atoms with Crippen molar-refractivity contribution in [3.8, 4) is 11.3 Å². The maximum atomic E-state index is 4.39. The molecule has 0 saturated heterocycles. The molecule has 0 atom stereocenters. The molecule has 1 aliphatic rings. The van der Waals surface area contributed by atoms with E-state index in [4.69, 9.17) is 0 Å². The van der Waals surface area contributed by atoms with Gasteiger partial charge in [-0.2, -0.15) is 10.2 Å². The predicted octanol–water partition coefficient (Wildman–Crippen LogP) is 1.61. The zero-order chi connectivity index (χ0) is 10.4. The molecule has 0 amide bonds. The Morgan fingerprint density at radius 1 is 1.40 bits per heavy atom. The normalized spacial score (nSPS) is 14.5. The Morgan fingerprint density at radius 2 is 2.27 bits per heavy atom. The van der Waals surface area contributed by atoms with E-state index in [0.29, 0.717) is 0 Å². The quantitative estimate of drug-likeness (QED) is 0.705. The van der Waals surface area contributed by atoms with E-state index in [-0.39, 0.29) is 0 Å². The van der Waals surface area contributed by atoms with Crippen LogP contribution >= 0.6 is 0 Å². The van der Waals surface area contributed by atoms with Crippen molar-refractivity contribution < 1.29 is 0 Å². The van der Waals surface area contributed by atoms with Gasteiger partial charge in [0.15, 0.2) is 0 Å². The van der Waals surface area contributed by atoms with Crippen molar-refractivity contribution in [1.29, 1.82) is 0 Å². The second kappa shape index (κ2) is 2.95. The fourth-order valence-electron chi connectivity index (χ4n) is 2.37. The van der Waals surface area contributed by atoms with Gasteiger partial charge in [-0.1, -0.05) is 0 Å². The summed E-state index contributed by atoms with van der Waals surface area (Å²) in [5.41, 5.74) is 6.17. The summed E-state index contributed by atoms with van der Waals surface area (Å²) < 4.78 is 1.97. The molecule has 0 unspecified atom stereocenters. The second-order valence-corrected chi connectivity index (χ2v) is 4.16. The monoisotopic (exact) mass is 202 g/mol. The lowest BCUT2D eigenvalue weighted by atomic mass is 10.1. The van der Waals surface area contributed by atoms with Gasteiger partial charge < -0.3 is 0 Å². The average molecular weight is 202 g/mol. The summed E-state index contributed by atoms with van der Waals surface area (Å²) in [7, 11) is 2.00. The lowest BCUT2D eigenvalue weighted by molar-refractivity contribution is 0.686. The van der Waals surface area contributed by atoms with Gasteiger partial charge in [0, 0.05) is 29.6 Å². The third kappa shape index (κ3) is 1.14. The molecule has 2 aromatic heterocycles. The van der Waals surface area contributed by atoms with E-state index in [9.17, 15) is 0 Å². The minimum atomic E-state index is 1.10. The second-order valence-electron chi connectivity index (χ2n) is 4.16. The third-order valence-electron chi connectivity index (χ3n) is 3.23. The summed E-state index contributed by atoms with van der Waals surface area (Å²) in [6, 6.07) is 0. The third-order valence-corrected chi connectivity index (χ3v) is 3.23. The highest BCUT2D eigenvalue weighted by Gasteiger charge is 2.21. The number of fused-ring (bicyclic) bond motifs is 3. The molecule has 0 fully saturated rings. The van der Waals surface area contributed by atoms with E-state index in [1.807, 2.05) is 17.9 Å². The van der Waals surface area contributed by atoms with Gasteiger partial charge in [-0.25, -0.2) is 0 Å². The summed E-state index contributed by atoms with van der Waals surface area (Å²) >= 11 is 0. The van der Waals surface area contributed by atoms with Gasteiger partial charge in [-0.05, 0) is 26.2 Å². The largest absolute Gasteiger partial charge is 0.282 e. The van der Waals surface area contributed by atoms with E-state index >= 15 is 0 Å². The van der Waals surface area contributed by atoms with Crippen molar-refractivity contribution >= 4 is 0 Å². The molecule has 0 aliphatic heterocycles. The molecule has 1 aliphatic carbocycles. The number of nitrogens with zero attached hydrogens (tertiary/aromatic N) is 3. The number of rotatable bonds is 0. The van der Waals surface area contributed by atoms with Crippen LogP contribution in [0.1, 0.15) is 23.4 Å². The van der Waals surface area contributed by atoms with Crippen molar-refractivity contribution in [3.63, 3.8) is 0 Å². The fourth-order valence-corrected chi connectivity index (χ4v) is 2.37. The number of nitrogens with one attached hydrogen (secondary N) is 1. The van der Waals surface area contributed by atoms with Gasteiger partial charge in [0.1, 0.15) is 0 Å². The van der Waals surface area contributed by atoms with E-state index < -0.39 is 0 Å². The molecule has 1 N–H and O–H groups in total. The van der Waals surface area contributed by atoms with Gasteiger partial charge in [-0.15, -0.1) is 0 Å². The standard InChI is InChI=1S/C11H14N4/c1-7-8-4-3-5-10-9(6-12-15(10)2)11(8)14-13-7/h6H,3-5H2,1-2H3,(H,13,14). The number of aromatic nitrogens is 4. The van der Waals surface area contributed by atoms with Gasteiger partial charge in [0.25, 0.3) is 0 Å². The van der Waals surface area contributed by atoms with E-state index in [1.165, 1.54) is 28.9 Å². The first-order valence-electron chi connectivity index (χ1n) is 5.32. The van der Waals surface area contributed by atoms with Crippen molar-refractivity contribution in [2.75, 3.05) is 0 Å². The lowest BCUT2D eigenvalue weighted by Gasteiger charge is -1.99. The van der Waals surface area contributed by atoms with Crippen LogP contribution in [0, 0.1) is 6.92 Å². The van der Waals surface area contributed by atoms with Gasteiger partial charge in [-0.3, -0.25) is 9.78 Å². The average Bonchev–Trinajstić information content (AvgIpc) is 2.69. The number of hydrogen-bond acceptors (Lipinski definition) is 2. The molecule has 0 aromatic carbocycles. The highest BCUT2D eigenvalue weighted by molar-refractivity contribution is 5.66. The molecule has 15 heavy (non-hydrogen) atoms.